The summed E-state index contributed by atoms with van der Waals surface area (Å²) in [5.74, 6) is 0.101. The van der Waals surface area contributed by atoms with Crippen molar-refractivity contribution < 1.29 is 4.79 Å². The maximum absolute atomic E-state index is 11.3. The maximum atomic E-state index is 11.3. The smallest absolute Gasteiger partial charge is 0.224 e. The van der Waals surface area contributed by atoms with Crippen LogP contribution in [0.3, 0.4) is 0 Å². The van der Waals surface area contributed by atoms with Gasteiger partial charge in [-0.15, -0.1) is 11.3 Å². The van der Waals surface area contributed by atoms with Gasteiger partial charge in [0.1, 0.15) is 0 Å². The number of anilines is 2. The second kappa shape index (κ2) is 4.66. The van der Waals surface area contributed by atoms with Crippen molar-refractivity contribution >= 4 is 28.1 Å². The summed E-state index contributed by atoms with van der Waals surface area (Å²) in [4.78, 5) is 17.9. The van der Waals surface area contributed by atoms with Gasteiger partial charge in [-0.3, -0.25) is 4.79 Å². The lowest BCUT2D eigenvalue weighted by atomic mass is 9.99. The predicted octanol–water partition coefficient (Wildman–Crippen LogP) is 2.76. The molecule has 0 atom stereocenters. The quantitative estimate of drug-likeness (QED) is 0.915. The van der Waals surface area contributed by atoms with E-state index in [4.69, 9.17) is 0 Å². The van der Waals surface area contributed by atoms with E-state index in [0.29, 0.717) is 6.42 Å². The number of nitrogens with one attached hydrogen (secondary N) is 1. The Labute approximate surface area is 116 Å². The Morgan fingerprint density at radius 1 is 1.32 bits per heavy atom. The monoisotopic (exact) mass is 273 g/mol. The Balaban J connectivity index is 1.95. The number of aromatic nitrogens is 1. The third kappa shape index (κ3) is 2.33. The normalized spacial score (nSPS) is 13.9. The number of thiazole rings is 1. The Bertz CT molecular complexity index is 633. The zero-order chi connectivity index (χ0) is 13.4. The summed E-state index contributed by atoms with van der Waals surface area (Å²) in [5.41, 5.74) is 4.23. The Hall–Kier alpha value is -1.88. The van der Waals surface area contributed by atoms with Crippen molar-refractivity contribution in [1.29, 1.82) is 0 Å². The number of benzene rings is 1. The van der Waals surface area contributed by atoms with Gasteiger partial charge in [-0.1, -0.05) is 6.07 Å². The van der Waals surface area contributed by atoms with Crippen LogP contribution in [0, 0.1) is 0 Å². The van der Waals surface area contributed by atoms with Crippen LogP contribution < -0.4 is 10.2 Å². The van der Waals surface area contributed by atoms with Gasteiger partial charge >= 0.3 is 0 Å². The molecule has 5 heteroatoms. The van der Waals surface area contributed by atoms with Crippen LogP contribution in [0.2, 0.25) is 0 Å². The first-order chi connectivity index (χ1) is 9.13. The summed E-state index contributed by atoms with van der Waals surface area (Å²) in [5, 5.41) is 5.97. The number of carbonyl (C=O) groups is 1. The molecule has 1 aromatic heterocycles. The van der Waals surface area contributed by atoms with E-state index in [1.807, 2.05) is 31.1 Å². The molecule has 0 bridgehead atoms. The molecule has 1 aromatic carbocycles. The number of aryl methyl sites for hydroxylation is 1. The summed E-state index contributed by atoms with van der Waals surface area (Å²) < 4.78 is 0. The average Bonchev–Trinajstić information content (AvgIpc) is 2.88. The third-order valence-corrected chi connectivity index (χ3v) is 4.18. The Morgan fingerprint density at radius 2 is 2.16 bits per heavy atom. The lowest BCUT2D eigenvalue weighted by molar-refractivity contribution is -0.116. The molecule has 1 aliphatic heterocycles. The van der Waals surface area contributed by atoms with Gasteiger partial charge in [0.25, 0.3) is 0 Å². The average molecular weight is 273 g/mol. The number of hydrogen-bond acceptors (Lipinski definition) is 4. The molecule has 0 saturated carbocycles. The van der Waals surface area contributed by atoms with Crippen molar-refractivity contribution in [2.75, 3.05) is 24.3 Å². The summed E-state index contributed by atoms with van der Waals surface area (Å²) >= 11 is 1.64. The Morgan fingerprint density at radius 3 is 2.89 bits per heavy atom. The first kappa shape index (κ1) is 12.2. The lowest BCUT2D eigenvalue weighted by Crippen LogP contribution is -2.18. The van der Waals surface area contributed by atoms with Crippen LogP contribution in [0.5, 0.6) is 0 Å². The van der Waals surface area contributed by atoms with Gasteiger partial charge in [0, 0.05) is 37.1 Å². The number of nitrogens with zero attached hydrogens (tertiary/aromatic N) is 2. The molecular weight excluding hydrogens is 258 g/mol. The molecule has 1 aliphatic rings. The molecule has 1 amide bonds. The largest absolute Gasteiger partial charge is 0.354 e. The van der Waals surface area contributed by atoms with Gasteiger partial charge in [-0.2, -0.15) is 0 Å². The maximum Gasteiger partial charge on any atom is 0.224 e. The van der Waals surface area contributed by atoms with E-state index in [1.54, 1.807) is 11.3 Å². The molecule has 4 nitrogen and oxygen atoms in total. The molecule has 1 N–H and O–H groups in total. The molecule has 0 spiro atoms. The SMILES string of the molecule is CN(C)c1nc(-c2ccc3c(c2)CCC(=O)N3)cs1. The number of fused-ring (bicyclic) bond motifs is 1. The van der Waals surface area contributed by atoms with Crippen molar-refractivity contribution in [3.05, 3.63) is 29.1 Å². The van der Waals surface area contributed by atoms with Crippen LogP contribution in [0.15, 0.2) is 23.6 Å². The fourth-order valence-electron chi connectivity index (χ4n) is 2.14. The standard InChI is InChI=1S/C14H15N3OS/c1-17(2)14-16-12(8-19-14)10-3-5-11-9(7-10)4-6-13(18)15-11/h3,5,7-8H,4,6H2,1-2H3,(H,15,18). The van der Waals surface area contributed by atoms with E-state index in [-0.39, 0.29) is 5.91 Å². The minimum atomic E-state index is 0.101. The van der Waals surface area contributed by atoms with Crippen LogP contribution in [0.25, 0.3) is 11.3 Å². The predicted molar refractivity (Wildman–Crippen MR) is 78.8 cm³/mol. The fourth-order valence-corrected chi connectivity index (χ4v) is 2.91. The van der Waals surface area contributed by atoms with Gasteiger partial charge in [0.05, 0.1) is 5.69 Å². The number of carbonyl (C=O) groups excluding carboxylic acids is 1. The molecule has 0 radical (unpaired) electrons. The molecule has 2 aromatic rings. The van der Waals surface area contributed by atoms with Gasteiger partial charge < -0.3 is 10.2 Å². The van der Waals surface area contributed by atoms with E-state index in [2.05, 4.69) is 21.7 Å². The molecular formula is C14H15N3OS. The highest BCUT2D eigenvalue weighted by molar-refractivity contribution is 7.14. The third-order valence-electron chi connectivity index (χ3n) is 3.17. The van der Waals surface area contributed by atoms with Gasteiger partial charge in [-0.25, -0.2) is 4.98 Å². The van der Waals surface area contributed by atoms with Crippen LogP contribution in [-0.2, 0) is 11.2 Å². The number of amides is 1. The summed E-state index contributed by atoms with van der Waals surface area (Å²) in [7, 11) is 3.98. The van der Waals surface area contributed by atoms with Crippen molar-refractivity contribution in [2.24, 2.45) is 0 Å². The molecule has 19 heavy (non-hydrogen) atoms. The van der Waals surface area contributed by atoms with Crippen molar-refractivity contribution in [1.82, 2.24) is 4.98 Å². The second-order valence-corrected chi connectivity index (χ2v) is 5.67. The number of rotatable bonds is 2. The van der Waals surface area contributed by atoms with E-state index in [1.165, 1.54) is 5.56 Å². The zero-order valence-corrected chi connectivity index (χ0v) is 11.8. The second-order valence-electron chi connectivity index (χ2n) is 4.83. The zero-order valence-electron chi connectivity index (χ0n) is 10.9. The van der Waals surface area contributed by atoms with Gasteiger partial charge in [-0.05, 0) is 24.1 Å². The summed E-state index contributed by atoms with van der Waals surface area (Å²) in [6.45, 7) is 0. The molecule has 0 aliphatic carbocycles. The van der Waals surface area contributed by atoms with Crippen LogP contribution in [-0.4, -0.2) is 25.0 Å². The van der Waals surface area contributed by atoms with E-state index in [0.717, 1.165) is 28.5 Å². The van der Waals surface area contributed by atoms with Crippen molar-refractivity contribution in [3.63, 3.8) is 0 Å². The summed E-state index contributed by atoms with van der Waals surface area (Å²) in [6.07, 6.45) is 1.37. The van der Waals surface area contributed by atoms with Gasteiger partial charge in [0.2, 0.25) is 5.91 Å². The molecule has 0 fully saturated rings. The van der Waals surface area contributed by atoms with Crippen molar-refractivity contribution in [3.8, 4) is 11.3 Å². The van der Waals surface area contributed by atoms with Crippen LogP contribution >= 0.6 is 11.3 Å². The van der Waals surface area contributed by atoms with Crippen LogP contribution in [0.1, 0.15) is 12.0 Å². The summed E-state index contributed by atoms with van der Waals surface area (Å²) in [6, 6.07) is 6.11. The first-order valence-corrected chi connectivity index (χ1v) is 7.07. The van der Waals surface area contributed by atoms with E-state index >= 15 is 0 Å². The van der Waals surface area contributed by atoms with Gasteiger partial charge in [0.15, 0.2) is 5.13 Å². The van der Waals surface area contributed by atoms with E-state index < -0.39 is 0 Å². The highest BCUT2D eigenvalue weighted by atomic mass is 32.1. The highest BCUT2D eigenvalue weighted by Gasteiger charge is 2.16. The van der Waals surface area contributed by atoms with Crippen LogP contribution in [0.4, 0.5) is 10.8 Å². The minimum absolute atomic E-state index is 0.101. The topological polar surface area (TPSA) is 45.2 Å². The Kier molecular flexibility index (Phi) is 2.98. The molecule has 2 heterocycles. The van der Waals surface area contributed by atoms with Crippen molar-refractivity contribution in [2.45, 2.75) is 12.8 Å². The minimum Gasteiger partial charge on any atom is -0.354 e. The molecule has 0 saturated heterocycles. The van der Waals surface area contributed by atoms with E-state index in [9.17, 15) is 4.79 Å². The highest BCUT2D eigenvalue weighted by Crippen LogP contribution is 2.31. The molecule has 98 valence electrons. The number of hydrogen-bond donors (Lipinski definition) is 1. The fraction of sp³-hybridized carbons (Fsp3) is 0.286. The molecule has 0 unspecified atom stereocenters. The first-order valence-electron chi connectivity index (χ1n) is 6.19. The lowest BCUT2D eigenvalue weighted by Gasteiger charge is -2.17. The molecule has 3 rings (SSSR count).